The summed E-state index contributed by atoms with van der Waals surface area (Å²) in [6.07, 6.45) is 0. The highest BCUT2D eigenvalue weighted by atomic mass is 79.9. The first-order valence-corrected chi connectivity index (χ1v) is 7.47. The van der Waals surface area contributed by atoms with E-state index in [1.54, 1.807) is 12.1 Å². The van der Waals surface area contributed by atoms with E-state index in [0.29, 0.717) is 16.3 Å². The summed E-state index contributed by atoms with van der Waals surface area (Å²) >= 11 is 12.8. The van der Waals surface area contributed by atoms with Crippen molar-refractivity contribution in [3.63, 3.8) is 0 Å². The molecule has 0 saturated carbocycles. The topological polar surface area (TPSA) is 29.1 Å². The summed E-state index contributed by atoms with van der Waals surface area (Å²) in [7, 11) is 0. The van der Waals surface area contributed by atoms with Crippen molar-refractivity contribution in [2.24, 2.45) is 0 Å². The van der Waals surface area contributed by atoms with Gasteiger partial charge >= 0.3 is 0 Å². The number of nitrogens with one attached hydrogen (secondary N) is 1. The van der Waals surface area contributed by atoms with E-state index in [2.05, 4.69) is 37.2 Å². The van der Waals surface area contributed by atoms with Gasteiger partial charge in [0.25, 0.3) is 5.91 Å². The molecule has 0 bridgehead atoms. The van der Waals surface area contributed by atoms with Crippen LogP contribution in [-0.4, -0.2) is 5.91 Å². The van der Waals surface area contributed by atoms with Crippen LogP contribution < -0.4 is 5.32 Å². The molecule has 0 unspecified atom stereocenters. The molecular formula is C14H10Br2ClNO. The third-order valence-corrected chi connectivity index (χ3v) is 4.10. The molecule has 1 N–H and O–H groups in total. The first kappa shape index (κ1) is 14.6. The zero-order chi connectivity index (χ0) is 14.0. The number of rotatable bonds is 2. The highest BCUT2D eigenvalue weighted by molar-refractivity contribution is 9.11. The van der Waals surface area contributed by atoms with Crippen molar-refractivity contribution in [3.05, 3.63) is 61.5 Å². The molecule has 2 aromatic rings. The van der Waals surface area contributed by atoms with Crippen LogP contribution in [0.5, 0.6) is 0 Å². The van der Waals surface area contributed by atoms with Crippen LogP contribution in [0.15, 0.2) is 45.3 Å². The summed E-state index contributed by atoms with van der Waals surface area (Å²) in [4.78, 5) is 12.2. The van der Waals surface area contributed by atoms with Crippen molar-refractivity contribution in [1.29, 1.82) is 0 Å². The molecule has 0 saturated heterocycles. The number of anilines is 1. The second-order valence-corrected chi connectivity index (χ2v) is 6.19. The molecule has 2 rings (SSSR count). The van der Waals surface area contributed by atoms with Gasteiger partial charge in [0.15, 0.2) is 0 Å². The average molecular weight is 404 g/mol. The molecule has 1 amide bonds. The van der Waals surface area contributed by atoms with E-state index >= 15 is 0 Å². The monoisotopic (exact) mass is 401 g/mol. The fraction of sp³-hybridized carbons (Fsp3) is 0.0714. The Bertz CT molecular complexity index is 623. The maximum absolute atomic E-state index is 12.2. The fourth-order valence-electron chi connectivity index (χ4n) is 1.64. The summed E-state index contributed by atoms with van der Waals surface area (Å²) in [5.74, 6) is -0.199. The highest BCUT2D eigenvalue weighted by Crippen LogP contribution is 2.27. The quantitative estimate of drug-likeness (QED) is 0.712. The molecule has 0 fully saturated rings. The van der Waals surface area contributed by atoms with Gasteiger partial charge in [-0.05, 0) is 52.7 Å². The van der Waals surface area contributed by atoms with Crippen molar-refractivity contribution < 1.29 is 4.79 Å². The minimum Gasteiger partial charge on any atom is -0.320 e. The van der Waals surface area contributed by atoms with Crippen molar-refractivity contribution in [2.75, 3.05) is 5.32 Å². The highest BCUT2D eigenvalue weighted by Gasteiger charge is 2.13. The Kier molecular flexibility index (Phi) is 4.66. The number of hydrogen-bond donors (Lipinski definition) is 1. The van der Waals surface area contributed by atoms with Gasteiger partial charge in [0.1, 0.15) is 0 Å². The third-order valence-electron chi connectivity index (χ3n) is 2.64. The Morgan fingerprint density at radius 2 is 1.95 bits per heavy atom. The van der Waals surface area contributed by atoms with Crippen LogP contribution in [0.4, 0.5) is 5.69 Å². The average Bonchev–Trinajstić information content (AvgIpc) is 2.33. The minimum atomic E-state index is -0.199. The van der Waals surface area contributed by atoms with Crippen molar-refractivity contribution in [3.8, 4) is 0 Å². The second kappa shape index (κ2) is 6.07. The molecule has 2 aromatic carbocycles. The largest absolute Gasteiger partial charge is 0.320 e. The van der Waals surface area contributed by atoms with Crippen molar-refractivity contribution in [1.82, 2.24) is 0 Å². The molecule has 0 spiro atoms. The van der Waals surface area contributed by atoms with Gasteiger partial charge in [0.05, 0.1) is 16.3 Å². The molecule has 0 aliphatic heterocycles. The maximum Gasteiger partial charge on any atom is 0.256 e. The van der Waals surface area contributed by atoms with Crippen LogP contribution in [0.1, 0.15) is 15.9 Å². The number of aryl methyl sites for hydroxylation is 1. The smallest absolute Gasteiger partial charge is 0.256 e. The van der Waals surface area contributed by atoms with E-state index in [1.807, 2.05) is 31.2 Å². The number of para-hydroxylation sites is 1. The van der Waals surface area contributed by atoms with Gasteiger partial charge in [-0.3, -0.25) is 4.79 Å². The van der Waals surface area contributed by atoms with E-state index in [9.17, 15) is 4.79 Å². The van der Waals surface area contributed by atoms with Gasteiger partial charge in [0.2, 0.25) is 0 Å². The van der Waals surface area contributed by atoms with Gasteiger partial charge in [-0.25, -0.2) is 0 Å². The van der Waals surface area contributed by atoms with Crippen LogP contribution >= 0.6 is 43.5 Å². The Morgan fingerprint density at radius 1 is 1.21 bits per heavy atom. The lowest BCUT2D eigenvalue weighted by atomic mass is 10.1. The minimum absolute atomic E-state index is 0.199. The van der Waals surface area contributed by atoms with Gasteiger partial charge in [-0.2, -0.15) is 0 Å². The number of amides is 1. The fourth-order valence-corrected chi connectivity index (χ4v) is 3.14. The number of halogens is 3. The second-order valence-electron chi connectivity index (χ2n) is 4.01. The standard InChI is InChI=1S/C14H10Br2ClNO/c1-8-3-2-4-12(17)13(8)18-14(19)10-6-5-9(15)7-11(10)16/h2-7H,1H3,(H,18,19). The summed E-state index contributed by atoms with van der Waals surface area (Å²) in [6, 6.07) is 10.9. The van der Waals surface area contributed by atoms with E-state index in [4.69, 9.17) is 11.6 Å². The van der Waals surface area contributed by atoms with E-state index < -0.39 is 0 Å². The lowest BCUT2D eigenvalue weighted by Crippen LogP contribution is -2.13. The molecule has 0 aromatic heterocycles. The molecule has 5 heteroatoms. The lowest BCUT2D eigenvalue weighted by Gasteiger charge is -2.11. The van der Waals surface area contributed by atoms with Crippen LogP contribution in [0.25, 0.3) is 0 Å². The first-order valence-electron chi connectivity index (χ1n) is 5.50. The Morgan fingerprint density at radius 3 is 2.58 bits per heavy atom. The molecule has 0 atom stereocenters. The van der Waals surface area contributed by atoms with Gasteiger partial charge in [0, 0.05) is 8.95 Å². The van der Waals surface area contributed by atoms with E-state index in [-0.39, 0.29) is 5.91 Å². The third kappa shape index (κ3) is 3.38. The number of benzene rings is 2. The molecule has 19 heavy (non-hydrogen) atoms. The van der Waals surface area contributed by atoms with Gasteiger partial charge in [-0.1, -0.05) is 39.7 Å². The SMILES string of the molecule is Cc1cccc(Cl)c1NC(=O)c1ccc(Br)cc1Br. The first-order chi connectivity index (χ1) is 8.99. The number of carbonyl (C=O) groups excluding carboxylic acids is 1. The lowest BCUT2D eigenvalue weighted by molar-refractivity contribution is 0.102. The van der Waals surface area contributed by atoms with Crippen LogP contribution in [-0.2, 0) is 0 Å². The van der Waals surface area contributed by atoms with Gasteiger partial charge < -0.3 is 5.32 Å². The zero-order valence-corrected chi connectivity index (χ0v) is 13.9. The Balaban J connectivity index is 2.31. The molecule has 0 radical (unpaired) electrons. The molecular weight excluding hydrogens is 393 g/mol. The maximum atomic E-state index is 12.2. The number of carbonyl (C=O) groups is 1. The molecule has 0 aliphatic carbocycles. The molecule has 98 valence electrons. The summed E-state index contributed by atoms with van der Waals surface area (Å²) in [5, 5.41) is 3.37. The predicted molar refractivity (Wildman–Crippen MR) is 86.0 cm³/mol. The van der Waals surface area contributed by atoms with E-state index in [0.717, 1.165) is 14.5 Å². The van der Waals surface area contributed by atoms with Crippen LogP contribution in [0.2, 0.25) is 5.02 Å². The van der Waals surface area contributed by atoms with Crippen molar-refractivity contribution >= 4 is 55.1 Å². The Hall–Kier alpha value is -0.840. The summed E-state index contributed by atoms with van der Waals surface area (Å²) < 4.78 is 1.63. The van der Waals surface area contributed by atoms with Crippen LogP contribution in [0.3, 0.4) is 0 Å². The number of hydrogen-bond acceptors (Lipinski definition) is 1. The molecule has 0 aliphatic rings. The predicted octanol–water partition coefficient (Wildman–Crippen LogP) is 5.43. The van der Waals surface area contributed by atoms with Crippen molar-refractivity contribution in [2.45, 2.75) is 6.92 Å². The Labute approximate surface area is 133 Å². The summed E-state index contributed by atoms with van der Waals surface area (Å²) in [5.41, 5.74) is 2.13. The molecule has 0 heterocycles. The molecule has 2 nitrogen and oxygen atoms in total. The van der Waals surface area contributed by atoms with Gasteiger partial charge in [-0.15, -0.1) is 0 Å². The van der Waals surface area contributed by atoms with E-state index in [1.165, 1.54) is 0 Å². The van der Waals surface area contributed by atoms with Crippen LogP contribution in [0, 0.1) is 6.92 Å². The summed E-state index contributed by atoms with van der Waals surface area (Å²) in [6.45, 7) is 1.90. The normalized spacial score (nSPS) is 10.3. The zero-order valence-electron chi connectivity index (χ0n) is 10.0.